The number of phenols is 1. The van der Waals surface area contributed by atoms with Crippen LogP contribution in [0.4, 0.5) is 4.79 Å². The summed E-state index contributed by atoms with van der Waals surface area (Å²) in [5.41, 5.74) is -0.647. The minimum Gasteiger partial charge on any atom is -0.506 e. The second-order valence-electron chi connectivity index (χ2n) is 20.3. The van der Waals surface area contributed by atoms with Crippen molar-refractivity contribution in [2.24, 2.45) is 17.8 Å². The highest BCUT2D eigenvalue weighted by Crippen LogP contribution is 2.70. The highest BCUT2D eigenvalue weighted by molar-refractivity contribution is 8.00. The maximum absolute atomic E-state index is 15.1. The maximum atomic E-state index is 15.1. The zero-order valence-electron chi connectivity index (χ0n) is 38.7. The predicted octanol–water partition coefficient (Wildman–Crippen LogP) is 7.19. The van der Waals surface area contributed by atoms with Crippen LogP contribution >= 0.6 is 11.8 Å². The molecule has 4 amide bonds. The first kappa shape index (κ1) is 46.0. The molecular formula is C50H66N4O9S. The Labute approximate surface area is 381 Å². The molecule has 1 aromatic carbocycles. The second-order valence-corrected chi connectivity index (χ2v) is 21.6. The molecule has 346 valence electrons. The minimum atomic E-state index is -1.57. The van der Waals surface area contributed by atoms with E-state index in [9.17, 15) is 24.3 Å². The number of ketones is 2. The molecule has 0 aromatic heterocycles. The molecule has 9 atom stereocenters. The number of carbonyl (C=O) groups is 5. The van der Waals surface area contributed by atoms with Crippen molar-refractivity contribution in [1.29, 1.82) is 0 Å². The maximum Gasteiger partial charge on any atom is 0.315 e. The molecule has 7 unspecified atom stereocenters. The molecule has 8 aliphatic rings. The SMILES string of the molecule is CC(C)=CCCC1(C)C=Cc2c(O)c3c(c(CC=C(C)C)c2O1)OC12C(CC4CC1C(C)(C)OC2(C/C=C(/C)C(=O)NCCNC(=O)CCCCC1SC[C@@H]2NC(=O)N[C@H]12)C4=O)C3=O. The number of hydrogen-bond acceptors (Lipinski definition) is 10. The van der Waals surface area contributed by atoms with Gasteiger partial charge in [-0.25, -0.2) is 4.79 Å². The molecule has 5 N–H and O–H groups in total. The van der Waals surface area contributed by atoms with Crippen LogP contribution in [-0.2, 0) is 25.5 Å². The normalized spacial score (nSPS) is 32.2. The van der Waals surface area contributed by atoms with Gasteiger partial charge in [0.2, 0.25) is 11.8 Å². The van der Waals surface area contributed by atoms with Crippen LogP contribution in [0.5, 0.6) is 17.2 Å². The molecule has 5 heterocycles. The number of fused-ring (bicyclic) bond motifs is 3. The molecule has 14 heteroatoms. The average Bonchev–Trinajstić information content (AvgIpc) is 3.83. The van der Waals surface area contributed by atoms with Crippen molar-refractivity contribution in [2.75, 3.05) is 18.8 Å². The zero-order chi connectivity index (χ0) is 45.9. The van der Waals surface area contributed by atoms with E-state index in [2.05, 4.69) is 47.3 Å². The van der Waals surface area contributed by atoms with E-state index in [1.807, 2.05) is 58.5 Å². The monoisotopic (exact) mass is 898 g/mol. The highest BCUT2D eigenvalue weighted by atomic mass is 32.2. The Morgan fingerprint density at radius 3 is 2.44 bits per heavy atom. The van der Waals surface area contributed by atoms with Crippen molar-refractivity contribution in [3.63, 3.8) is 0 Å². The molecular weight excluding hydrogens is 833 g/mol. The number of thioether (sulfide) groups is 1. The number of hydrogen-bond donors (Lipinski definition) is 5. The molecule has 3 saturated heterocycles. The van der Waals surface area contributed by atoms with Crippen molar-refractivity contribution in [3.05, 3.63) is 57.7 Å². The van der Waals surface area contributed by atoms with Gasteiger partial charge >= 0.3 is 6.03 Å². The Morgan fingerprint density at radius 1 is 0.938 bits per heavy atom. The van der Waals surface area contributed by atoms with E-state index < -0.39 is 34.2 Å². The summed E-state index contributed by atoms with van der Waals surface area (Å²) in [5.74, 6) is -0.925. The number of benzene rings is 1. The molecule has 3 aliphatic carbocycles. The van der Waals surface area contributed by atoms with E-state index in [-0.39, 0.29) is 90.4 Å². The summed E-state index contributed by atoms with van der Waals surface area (Å²) >= 11 is 1.86. The molecule has 4 bridgehead atoms. The van der Waals surface area contributed by atoms with Crippen LogP contribution in [0.3, 0.4) is 0 Å². The van der Waals surface area contributed by atoms with Gasteiger partial charge in [0.05, 0.1) is 29.2 Å². The first-order valence-corrected chi connectivity index (χ1v) is 24.3. The number of amides is 4. The molecule has 3 saturated carbocycles. The van der Waals surface area contributed by atoms with E-state index >= 15 is 4.79 Å². The number of phenolic OH excluding ortho intramolecular Hbond substituents is 1. The largest absolute Gasteiger partial charge is 0.506 e. The molecule has 64 heavy (non-hydrogen) atoms. The lowest BCUT2D eigenvalue weighted by molar-refractivity contribution is -0.199. The topological polar surface area (TPSA) is 181 Å². The summed E-state index contributed by atoms with van der Waals surface area (Å²) in [6.45, 7) is 16.2. The van der Waals surface area contributed by atoms with Gasteiger partial charge in [-0.15, -0.1) is 0 Å². The van der Waals surface area contributed by atoms with Gasteiger partial charge < -0.3 is 40.6 Å². The fourth-order valence-corrected chi connectivity index (χ4v) is 13.2. The fourth-order valence-electron chi connectivity index (χ4n) is 11.6. The molecule has 6 fully saturated rings. The van der Waals surface area contributed by atoms with E-state index in [1.165, 1.54) is 5.57 Å². The van der Waals surface area contributed by atoms with E-state index in [0.29, 0.717) is 53.4 Å². The van der Waals surface area contributed by atoms with Crippen LogP contribution in [0.15, 0.2) is 41.0 Å². The standard InChI is InChI=1S/C50H66N4O9S/c1-27(2)12-11-19-48(8)20-18-31-40(56)38-41(57)33-24-30-25-36-47(6,7)63-49(44(30)58,50(33,36)62-43(38)32(42(31)61-48)16-15-28(3)4)21-17-29(5)45(59)52-23-22-51-37(55)14-10-9-13-35-39-34(26-64-35)53-46(60)54-39/h12,15,17-18,20,30,33-36,39,56H,9-11,13-14,16,19,21-26H2,1-8H3,(H,51,55)(H,52,59)(H2,53,54,60)/b29-17-/t30?,33?,34-,35?,36?,39-,48?,49?,50?/m0/s1. The lowest BCUT2D eigenvalue weighted by Gasteiger charge is -2.60. The van der Waals surface area contributed by atoms with Crippen molar-refractivity contribution >= 4 is 47.2 Å². The number of carbonyl (C=O) groups excluding carboxylic acids is 5. The quantitative estimate of drug-likeness (QED) is 0.0493. The van der Waals surface area contributed by atoms with Crippen molar-refractivity contribution in [1.82, 2.24) is 21.3 Å². The molecule has 1 aromatic rings. The van der Waals surface area contributed by atoms with Gasteiger partial charge in [0.25, 0.3) is 0 Å². The predicted molar refractivity (Wildman–Crippen MR) is 247 cm³/mol. The molecule has 13 nitrogen and oxygen atoms in total. The van der Waals surface area contributed by atoms with E-state index in [0.717, 1.165) is 37.0 Å². The summed E-state index contributed by atoms with van der Waals surface area (Å²) in [4.78, 5) is 67.7. The van der Waals surface area contributed by atoms with Crippen LogP contribution in [-0.4, -0.2) is 93.1 Å². The first-order valence-electron chi connectivity index (χ1n) is 23.3. The zero-order valence-corrected chi connectivity index (χ0v) is 39.5. The third-order valence-electron chi connectivity index (χ3n) is 14.8. The molecule has 9 rings (SSSR count). The molecule has 1 spiro atoms. The lowest BCUT2D eigenvalue weighted by Crippen LogP contribution is -2.76. The number of nitrogens with one attached hydrogen (secondary N) is 4. The van der Waals surface area contributed by atoms with E-state index in [1.54, 1.807) is 13.0 Å². The Morgan fingerprint density at radius 2 is 1.69 bits per heavy atom. The van der Waals surface area contributed by atoms with Gasteiger partial charge in [0.1, 0.15) is 28.4 Å². The van der Waals surface area contributed by atoms with E-state index in [4.69, 9.17) is 14.2 Å². The van der Waals surface area contributed by atoms with Crippen molar-refractivity contribution in [2.45, 2.75) is 159 Å². The summed E-state index contributed by atoms with van der Waals surface area (Å²) < 4.78 is 21.2. The second kappa shape index (κ2) is 17.3. The Kier molecular flexibility index (Phi) is 12.5. The average molecular weight is 899 g/mol. The number of Topliss-reactive ketones (excluding diaryl/α,β-unsaturated/α-hetero) is 2. The summed E-state index contributed by atoms with van der Waals surface area (Å²) in [7, 11) is 0. The number of ether oxygens (including phenoxy) is 3. The van der Waals surface area contributed by atoms with Gasteiger partial charge in [-0.05, 0) is 112 Å². The number of unbranched alkanes of at least 4 members (excludes halogenated alkanes) is 1. The molecule has 0 radical (unpaired) electrons. The van der Waals surface area contributed by atoms with Gasteiger partial charge in [-0.1, -0.05) is 35.8 Å². The third kappa shape index (κ3) is 7.98. The Balaban J connectivity index is 0.989. The van der Waals surface area contributed by atoms with Crippen molar-refractivity contribution in [3.8, 4) is 17.2 Å². The number of rotatable bonds is 16. The lowest BCUT2D eigenvalue weighted by atomic mass is 9.46. The van der Waals surface area contributed by atoms with Gasteiger partial charge in [0, 0.05) is 59.9 Å². The van der Waals surface area contributed by atoms with Crippen LogP contribution in [0, 0.1) is 17.8 Å². The summed E-state index contributed by atoms with van der Waals surface area (Å²) in [6.07, 6.45) is 15.4. The first-order chi connectivity index (χ1) is 30.3. The van der Waals surface area contributed by atoms with Gasteiger partial charge in [0.15, 0.2) is 22.8 Å². The van der Waals surface area contributed by atoms with Crippen LogP contribution in [0.25, 0.3) is 6.08 Å². The summed E-state index contributed by atoms with van der Waals surface area (Å²) in [6, 6.07) is 0.236. The highest BCUT2D eigenvalue weighted by Gasteiger charge is 2.83. The third-order valence-corrected chi connectivity index (χ3v) is 16.3. The van der Waals surface area contributed by atoms with Crippen LogP contribution in [0.2, 0.25) is 0 Å². The Hall–Kier alpha value is -4.56. The fraction of sp³-hybridized carbons (Fsp3) is 0.620. The Bertz CT molecular complexity index is 2260. The van der Waals surface area contributed by atoms with Crippen LogP contribution in [0.1, 0.15) is 135 Å². The van der Waals surface area contributed by atoms with Gasteiger partial charge in [-0.2, -0.15) is 11.8 Å². The van der Waals surface area contributed by atoms with Gasteiger partial charge in [-0.3, -0.25) is 19.2 Å². The number of urea groups is 1. The molecule has 5 aliphatic heterocycles. The van der Waals surface area contributed by atoms with Crippen molar-refractivity contribution < 1.29 is 43.3 Å². The smallest absolute Gasteiger partial charge is 0.315 e. The minimum absolute atomic E-state index is 0.0168. The number of aromatic hydroxyl groups is 1. The summed E-state index contributed by atoms with van der Waals surface area (Å²) in [5, 5.41) is 24.1. The number of allylic oxidation sites excluding steroid dienone is 4. The van der Waals surface area contributed by atoms with Crippen LogP contribution < -0.4 is 30.7 Å².